The molecule has 0 aliphatic heterocycles. The Morgan fingerprint density at radius 3 is 1.68 bits per heavy atom. The molecule has 1 heteroatoms. The summed E-state index contributed by atoms with van der Waals surface area (Å²) in [6, 6.07) is 49.3. The zero-order valence-electron chi connectivity index (χ0n) is 22.6. The van der Waals surface area contributed by atoms with Crippen LogP contribution in [0.25, 0.3) is 64.7 Å². The number of hydrogen-bond donors (Lipinski definition) is 0. The molecule has 0 bridgehead atoms. The van der Waals surface area contributed by atoms with Crippen LogP contribution in [0.4, 0.5) is 0 Å². The van der Waals surface area contributed by atoms with Gasteiger partial charge in [0.1, 0.15) is 0 Å². The molecule has 0 spiro atoms. The molecule has 8 rings (SSSR count). The van der Waals surface area contributed by atoms with Crippen molar-refractivity contribution >= 4 is 31.5 Å². The van der Waals surface area contributed by atoms with Gasteiger partial charge in [-0.25, -0.2) is 0 Å². The molecule has 0 nitrogen and oxygen atoms in total. The third-order valence-electron chi connectivity index (χ3n) is 8.71. The van der Waals surface area contributed by atoms with Crippen LogP contribution in [0.2, 0.25) is 0 Å². The Labute approximate surface area is 239 Å². The van der Waals surface area contributed by atoms with Crippen LogP contribution >= 0.6 is 11.3 Å². The van der Waals surface area contributed by atoms with Gasteiger partial charge in [-0.3, -0.25) is 0 Å². The van der Waals surface area contributed by atoms with Crippen LogP contribution in [0.5, 0.6) is 0 Å². The van der Waals surface area contributed by atoms with Crippen LogP contribution in [0.15, 0.2) is 133 Å². The number of fused-ring (bicyclic) bond motifs is 6. The lowest BCUT2D eigenvalue weighted by atomic mass is 9.81. The molecule has 0 amide bonds. The molecular weight excluding hydrogens is 500 g/mol. The minimum absolute atomic E-state index is 0.0100. The topological polar surface area (TPSA) is 0 Å². The van der Waals surface area contributed by atoms with Crippen LogP contribution in [0.3, 0.4) is 0 Å². The molecule has 0 fully saturated rings. The first-order valence-corrected chi connectivity index (χ1v) is 14.8. The Bertz CT molecular complexity index is 2070. The molecule has 1 aliphatic rings. The summed E-state index contributed by atoms with van der Waals surface area (Å²) in [5, 5.41) is 2.67. The Balaban J connectivity index is 1.21. The zero-order chi connectivity index (χ0) is 26.8. The first-order chi connectivity index (χ1) is 19.6. The van der Waals surface area contributed by atoms with Crippen LogP contribution in [0.1, 0.15) is 25.0 Å². The standard InChI is InChI=1S/C39H28S/c1-39(2)35-15-9-8-14-31(35)32-19-16-26(22-36(32)39)27-17-20-33-34-21-18-28(24-38(34)40-37(33)23-27)30-13-7-6-12-29(30)25-10-4-3-5-11-25/h3-24H,1-2H3. The van der Waals surface area contributed by atoms with Crippen molar-refractivity contribution in [1.82, 2.24) is 0 Å². The molecule has 1 heterocycles. The summed E-state index contributed by atoms with van der Waals surface area (Å²) in [5.41, 5.74) is 13.2. The van der Waals surface area contributed by atoms with Crippen molar-refractivity contribution in [1.29, 1.82) is 0 Å². The van der Waals surface area contributed by atoms with Gasteiger partial charge >= 0.3 is 0 Å². The molecule has 0 saturated carbocycles. The second kappa shape index (κ2) is 8.78. The molecule has 6 aromatic carbocycles. The monoisotopic (exact) mass is 528 g/mol. The third-order valence-corrected chi connectivity index (χ3v) is 9.83. The van der Waals surface area contributed by atoms with Crippen molar-refractivity contribution in [2.75, 3.05) is 0 Å². The van der Waals surface area contributed by atoms with Crippen molar-refractivity contribution in [2.45, 2.75) is 19.3 Å². The van der Waals surface area contributed by atoms with Crippen LogP contribution < -0.4 is 0 Å². The van der Waals surface area contributed by atoms with E-state index in [1.165, 1.54) is 75.8 Å². The summed E-state index contributed by atoms with van der Waals surface area (Å²) in [7, 11) is 0. The number of benzene rings is 6. The fraction of sp³-hybridized carbons (Fsp3) is 0.0769. The van der Waals surface area contributed by atoms with E-state index in [0.29, 0.717) is 0 Å². The highest BCUT2D eigenvalue weighted by atomic mass is 32.1. The number of thiophene rings is 1. The second-order valence-corrected chi connectivity index (χ2v) is 12.5. The quantitative estimate of drug-likeness (QED) is 0.214. The van der Waals surface area contributed by atoms with Gasteiger partial charge in [-0.15, -0.1) is 11.3 Å². The molecule has 1 aromatic heterocycles. The molecule has 0 radical (unpaired) electrons. The van der Waals surface area contributed by atoms with Gasteiger partial charge in [0.15, 0.2) is 0 Å². The van der Waals surface area contributed by atoms with Gasteiger partial charge in [-0.05, 0) is 73.8 Å². The normalized spacial score (nSPS) is 13.4. The summed E-state index contributed by atoms with van der Waals surface area (Å²) in [6.07, 6.45) is 0. The van der Waals surface area contributed by atoms with E-state index in [-0.39, 0.29) is 5.41 Å². The van der Waals surface area contributed by atoms with Gasteiger partial charge in [0, 0.05) is 25.6 Å². The summed E-state index contributed by atoms with van der Waals surface area (Å²) in [6.45, 7) is 4.70. The lowest BCUT2D eigenvalue weighted by Gasteiger charge is -2.22. The predicted octanol–water partition coefficient (Wildman–Crippen LogP) is 11.4. The van der Waals surface area contributed by atoms with Crippen LogP contribution in [0, 0.1) is 0 Å². The van der Waals surface area contributed by atoms with Crippen molar-refractivity contribution in [3.05, 3.63) is 145 Å². The average molecular weight is 529 g/mol. The Morgan fingerprint density at radius 2 is 0.925 bits per heavy atom. The third kappa shape index (κ3) is 3.51. The lowest BCUT2D eigenvalue weighted by Crippen LogP contribution is -2.14. The minimum atomic E-state index is 0.0100. The molecule has 0 unspecified atom stereocenters. The summed E-state index contributed by atoms with van der Waals surface area (Å²) in [5.74, 6) is 0. The largest absolute Gasteiger partial charge is 0.135 e. The number of rotatable bonds is 3. The molecule has 0 saturated heterocycles. The summed E-state index contributed by atoms with van der Waals surface area (Å²) in [4.78, 5) is 0. The Hall–Kier alpha value is -4.46. The highest BCUT2D eigenvalue weighted by molar-refractivity contribution is 7.25. The van der Waals surface area contributed by atoms with Gasteiger partial charge in [0.2, 0.25) is 0 Å². The maximum absolute atomic E-state index is 2.42. The molecule has 0 atom stereocenters. The maximum Gasteiger partial charge on any atom is 0.0361 e. The highest BCUT2D eigenvalue weighted by Gasteiger charge is 2.35. The first kappa shape index (κ1) is 23.4. The van der Waals surface area contributed by atoms with Crippen LogP contribution in [-0.4, -0.2) is 0 Å². The summed E-state index contributed by atoms with van der Waals surface area (Å²) >= 11 is 1.90. The molecule has 1 aliphatic carbocycles. The molecule has 0 N–H and O–H groups in total. The van der Waals surface area contributed by atoms with E-state index < -0.39 is 0 Å². The van der Waals surface area contributed by atoms with E-state index in [9.17, 15) is 0 Å². The van der Waals surface area contributed by atoms with Crippen molar-refractivity contribution in [3.63, 3.8) is 0 Å². The molecule has 190 valence electrons. The first-order valence-electron chi connectivity index (χ1n) is 13.9. The number of hydrogen-bond acceptors (Lipinski definition) is 1. The molecule has 40 heavy (non-hydrogen) atoms. The average Bonchev–Trinajstić information content (AvgIpc) is 3.48. The zero-order valence-corrected chi connectivity index (χ0v) is 23.4. The van der Waals surface area contributed by atoms with Gasteiger partial charge in [-0.1, -0.05) is 129 Å². The Morgan fingerprint density at radius 1 is 0.400 bits per heavy atom. The van der Waals surface area contributed by atoms with E-state index in [1.54, 1.807) is 0 Å². The van der Waals surface area contributed by atoms with Gasteiger partial charge in [0.25, 0.3) is 0 Å². The SMILES string of the molecule is CC1(C)c2ccccc2-c2ccc(-c3ccc4c(c3)sc3cc(-c5ccccc5-c5ccccc5)ccc34)cc21. The molecule has 7 aromatic rings. The van der Waals surface area contributed by atoms with Gasteiger partial charge in [0.05, 0.1) is 0 Å². The highest BCUT2D eigenvalue weighted by Crippen LogP contribution is 2.49. The van der Waals surface area contributed by atoms with E-state index in [4.69, 9.17) is 0 Å². The van der Waals surface area contributed by atoms with Gasteiger partial charge < -0.3 is 0 Å². The summed E-state index contributed by atoms with van der Waals surface area (Å²) < 4.78 is 2.67. The van der Waals surface area contributed by atoms with E-state index in [1.807, 2.05) is 11.3 Å². The van der Waals surface area contributed by atoms with E-state index in [0.717, 1.165) is 0 Å². The predicted molar refractivity (Wildman–Crippen MR) is 173 cm³/mol. The minimum Gasteiger partial charge on any atom is -0.135 e. The Kier molecular flexibility index (Phi) is 5.14. The fourth-order valence-corrected chi connectivity index (χ4v) is 7.80. The maximum atomic E-state index is 2.42. The van der Waals surface area contributed by atoms with E-state index >= 15 is 0 Å². The lowest BCUT2D eigenvalue weighted by molar-refractivity contribution is 0.660. The fourth-order valence-electron chi connectivity index (χ4n) is 6.61. The second-order valence-electron chi connectivity index (χ2n) is 11.4. The van der Waals surface area contributed by atoms with E-state index in [2.05, 4.69) is 147 Å². The van der Waals surface area contributed by atoms with Crippen molar-refractivity contribution in [3.8, 4) is 44.5 Å². The van der Waals surface area contributed by atoms with Crippen molar-refractivity contribution < 1.29 is 0 Å². The van der Waals surface area contributed by atoms with Crippen molar-refractivity contribution in [2.24, 2.45) is 0 Å². The smallest absolute Gasteiger partial charge is 0.0361 e. The molecular formula is C39H28S. The van der Waals surface area contributed by atoms with Crippen LogP contribution in [-0.2, 0) is 5.41 Å². The van der Waals surface area contributed by atoms with Gasteiger partial charge in [-0.2, -0.15) is 0 Å².